The van der Waals surface area contributed by atoms with Gasteiger partial charge in [0.05, 0.1) is 6.26 Å². The number of rotatable bonds is 7. The van der Waals surface area contributed by atoms with E-state index in [-0.39, 0.29) is 12.3 Å². The zero-order valence-electron chi connectivity index (χ0n) is 12.2. The molecule has 2 rings (SSSR count). The molecule has 0 aliphatic carbocycles. The summed E-state index contributed by atoms with van der Waals surface area (Å²) < 4.78 is 5.17. The van der Waals surface area contributed by atoms with E-state index in [9.17, 15) is 14.7 Å². The third kappa shape index (κ3) is 4.75. The monoisotopic (exact) mass is 302 g/mol. The van der Waals surface area contributed by atoms with Gasteiger partial charge in [0, 0.05) is 18.1 Å². The second-order valence-electron chi connectivity index (χ2n) is 5.06. The Bertz CT molecular complexity index is 620. The van der Waals surface area contributed by atoms with Crippen molar-refractivity contribution in [2.75, 3.05) is 5.32 Å². The van der Waals surface area contributed by atoms with Gasteiger partial charge in [-0.1, -0.05) is 17.7 Å². The van der Waals surface area contributed by atoms with Crippen LogP contribution in [0.4, 0.5) is 5.69 Å². The number of carbonyl (C=O) groups excluding carboxylic acids is 2. The molecule has 1 aromatic carbocycles. The highest BCUT2D eigenvalue weighted by atomic mass is 16.4. The number of carboxylic acids is 1. The van der Waals surface area contributed by atoms with E-state index < -0.39 is 12.0 Å². The molecule has 1 amide bonds. The number of nitrogens with one attached hydrogen (secondary N) is 1. The van der Waals surface area contributed by atoms with Crippen molar-refractivity contribution in [2.24, 2.45) is 0 Å². The van der Waals surface area contributed by atoms with Gasteiger partial charge in [0.1, 0.15) is 6.54 Å². The Morgan fingerprint density at radius 2 is 2.00 bits per heavy atom. The van der Waals surface area contributed by atoms with Crippen LogP contribution in [0, 0.1) is 6.92 Å². The average molecular weight is 302 g/mol. The van der Waals surface area contributed by atoms with Crippen molar-refractivity contribution in [1.82, 2.24) is 0 Å². The van der Waals surface area contributed by atoms with Crippen LogP contribution in [-0.2, 0) is 16.1 Å². The molecule has 0 radical (unpaired) electrons. The number of quaternary nitrogens is 1. The average Bonchev–Trinajstić information content (AvgIpc) is 2.98. The van der Waals surface area contributed by atoms with Crippen LogP contribution in [0.3, 0.4) is 0 Å². The first-order valence-electron chi connectivity index (χ1n) is 6.97. The van der Waals surface area contributed by atoms with Gasteiger partial charge in [-0.2, -0.15) is 0 Å². The zero-order valence-corrected chi connectivity index (χ0v) is 12.2. The Labute approximate surface area is 128 Å². The molecule has 0 bridgehead atoms. The molecular weight excluding hydrogens is 284 g/mol. The van der Waals surface area contributed by atoms with Gasteiger partial charge >= 0.3 is 0 Å². The zero-order chi connectivity index (χ0) is 15.9. The number of hydrogen-bond donors (Lipinski definition) is 2. The molecular formula is C16H18N2O4. The van der Waals surface area contributed by atoms with Crippen LogP contribution in [0.25, 0.3) is 0 Å². The fourth-order valence-corrected chi connectivity index (χ4v) is 2.02. The maximum absolute atomic E-state index is 12.2. The Kier molecular flexibility index (Phi) is 5.32. The predicted molar refractivity (Wildman–Crippen MR) is 77.6 cm³/mol. The van der Waals surface area contributed by atoms with Crippen molar-refractivity contribution in [3.63, 3.8) is 0 Å². The summed E-state index contributed by atoms with van der Waals surface area (Å²) in [6.45, 7) is 2.33. The molecule has 0 aliphatic rings. The molecule has 0 unspecified atom stereocenters. The number of aryl methyl sites for hydroxylation is 1. The second kappa shape index (κ2) is 7.42. The topological polar surface area (TPSA) is 99.0 Å². The van der Waals surface area contributed by atoms with Gasteiger partial charge in [0.15, 0.2) is 11.8 Å². The molecule has 6 nitrogen and oxygen atoms in total. The first-order chi connectivity index (χ1) is 10.5. The smallest absolute Gasteiger partial charge is 0.283 e. The summed E-state index contributed by atoms with van der Waals surface area (Å²) in [5.41, 5.74) is 1.71. The van der Waals surface area contributed by atoms with Crippen molar-refractivity contribution >= 4 is 17.6 Å². The minimum absolute atomic E-state index is 0.363. The predicted octanol–water partition coefficient (Wildman–Crippen LogP) is -0.201. The van der Waals surface area contributed by atoms with Crippen LogP contribution in [0.1, 0.15) is 17.7 Å². The standard InChI is InChI=1S/C16H18N2O4/c1-11-4-6-12(7-5-11)18-16(21)14(9-15(19)20)17-10-13-3-2-8-22-13/h2-8,14,17H,9-10H2,1H3,(H,18,21)(H,19,20)/t14-/m0/s1. The van der Waals surface area contributed by atoms with Crippen LogP contribution in [0.5, 0.6) is 0 Å². The maximum Gasteiger partial charge on any atom is 0.283 e. The minimum Gasteiger partial charge on any atom is -0.550 e. The molecule has 0 fully saturated rings. The number of hydrogen-bond acceptors (Lipinski definition) is 4. The number of anilines is 1. The van der Waals surface area contributed by atoms with Crippen LogP contribution in [0.2, 0.25) is 0 Å². The van der Waals surface area contributed by atoms with Gasteiger partial charge in [-0.05, 0) is 31.2 Å². The largest absolute Gasteiger partial charge is 0.550 e. The summed E-state index contributed by atoms with van der Waals surface area (Å²) >= 11 is 0. The van der Waals surface area contributed by atoms with Crippen molar-refractivity contribution in [1.29, 1.82) is 0 Å². The summed E-state index contributed by atoms with van der Waals surface area (Å²) in [5, 5.41) is 15.2. The van der Waals surface area contributed by atoms with Crippen LogP contribution in [-0.4, -0.2) is 17.9 Å². The van der Waals surface area contributed by atoms with E-state index in [0.717, 1.165) is 5.56 Å². The van der Waals surface area contributed by atoms with Gasteiger partial charge in [0.25, 0.3) is 5.91 Å². The SMILES string of the molecule is Cc1ccc(NC(=O)[C@H](CC(=O)[O-])[NH2+]Cc2ccco2)cc1. The number of carboxylic acid groups (broad SMARTS) is 1. The molecule has 3 N–H and O–H groups in total. The fraction of sp³-hybridized carbons (Fsp3) is 0.250. The van der Waals surface area contributed by atoms with E-state index in [1.165, 1.54) is 6.26 Å². The number of nitrogens with two attached hydrogens (primary N) is 1. The highest BCUT2D eigenvalue weighted by molar-refractivity contribution is 5.95. The third-order valence-corrected chi connectivity index (χ3v) is 3.23. The lowest BCUT2D eigenvalue weighted by atomic mass is 10.1. The van der Waals surface area contributed by atoms with E-state index in [0.29, 0.717) is 18.0 Å². The van der Waals surface area contributed by atoms with Crippen molar-refractivity contribution in [3.8, 4) is 0 Å². The number of benzene rings is 1. The maximum atomic E-state index is 12.2. The number of furan rings is 1. The third-order valence-electron chi connectivity index (χ3n) is 3.23. The van der Waals surface area contributed by atoms with Crippen LogP contribution in [0.15, 0.2) is 47.1 Å². The molecule has 1 atom stereocenters. The molecule has 0 aliphatic heterocycles. The van der Waals surface area contributed by atoms with E-state index in [2.05, 4.69) is 5.32 Å². The lowest BCUT2D eigenvalue weighted by Gasteiger charge is -2.15. The van der Waals surface area contributed by atoms with Gasteiger partial charge in [-0.15, -0.1) is 0 Å². The quantitative estimate of drug-likeness (QED) is 0.740. The molecule has 6 heteroatoms. The summed E-state index contributed by atoms with van der Waals surface area (Å²) in [5.74, 6) is -0.967. The Hall–Kier alpha value is -2.60. The van der Waals surface area contributed by atoms with E-state index >= 15 is 0 Å². The van der Waals surface area contributed by atoms with Gasteiger partial charge in [-0.25, -0.2) is 0 Å². The molecule has 0 spiro atoms. The highest BCUT2D eigenvalue weighted by Gasteiger charge is 2.22. The number of aliphatic carboxylic acids is 1. The minimum atomic E-state index is -1.26. The lowest BCUT2D eigenvalue weighted by molar-refractivity contribution is -0.693. The van der Waals surface area contributed by atoms with Crippen molar-refractivity contribution in [2.45, 2.75) is 25.9 Å². The summed E-state index contributed by atoms with van der Waals surface area (Å²) in [7, 11) is 0. The summed E-state index contributed by atoms with van der Waals surface area (Å²) in [4.78, 5) is 23.1. The Balaban J connectivity index is 1.98. The van der Waals surface area contributed by atoms with Crippen molar-refractivity contribution < 1.29 is 24.4 Å². The lowest BCUT2D eigenvalue weighted by Crippen LogP contribution is -2.91. The summed E-state index contributed by atoms with van der Waals surface area (Å²) in [6, 6.07) is 10.0. The molecule has 2 aromatic rings. The van der Waals surface area contributed by atoms with Crippen LogP contribution >= 0.6 is 0 Å². The molecule has 1 heterocycles. The normalized spacial score (nSPS) is 11.9. The van der Waals surface area contributed by atoms with E-state index in [4.69, 9.17) is 4.42 Å². The van der Waals surface area contributed by atoms with Gasteiger partial charge in [0.2, 0.25) is 0 Å². The van der Waals surface area contributed by atoms with E-state index in [1.807, 2.05) is 19.1 Å². The Morgan fingerprint density at radius 3 is 2.59 bits per heavy atom. The first kappa shape index (κ1) is 15.8. The molecule has 0 saturated heterocycles. The Morgan fingerprint density at radius 1 is 1.27 bits per heavy atom. The molecule has 22 heavy (non-hydrogen) atoms. The molecule has 0 saturated carbocycles. The van der Waals surface area contributed by atoms with E-state index in [1.54, 1.807) is 29.6 Å². The molecule has 116 valence electrons. The van der Waals surface area contributed by atoms with Crippen molar-refractivity contribution in [3.05, 3.63) is 54.0 Å². The van der Waals surface area contributed by atoms with Gasteiger partial charge in [-0.3, -0.25) is 4.79 Å². The highest BCUT2D eigenvalue weighted by Crippen LogP contribution is 2.09. The second-order valence-corrected chi connectivity index (χ2v) is 5.06. The van der Waals surface area contributed by atoms with Crippen LogP contribution < -0.4 is 15.7 Å². The molecule has 1 aromatic heterocycles. The first-order valence-corrected chi connectivity index (χ1v) is 6.97. The number of amides is 1. The number of carbonyl (C=O) groups is 2. The summed E-state index contributed by atoms with van der Waals surface area (Å²) in [6.07, 6.45) is 1.17. The van der Waals surface area contributed by atoms with Gasteiger partial charge < -0.3 is 25.0 Å². The fourth-order valence-electron chi connectivity index (χ4n) is 2.02.